The molecule has 0 saturated heterocycles. The van der Waals surface area contributed by atoms with Crippen molar-refractivity contribution in [1.29, 1.82) is 0 Å². The van der Waals surface area contributed by atoms with Gasteiger partial charge in [0.15, 0.2) is 11.6 Å². The second kappa shape index (κ2) is 5.92. The first kappa shape index (κ1) is 14.2. The summed E-state index contributed by atoms with van der Waals surface area (Å²) in [5.74, 6) is -1.67. The number of benzene rings is 2. The van der Waals surface area contributed by atoms with E-state index in [2.05, 4.69) is 6.07 Å². The Morgan fingerprint density at radius 3 is 2.81 bits per heavy atom. The van der Waals surface area contributed by atoms with Crippen molar-refractivity contribution in [3.05, 3.63) is 70.8 Å². The van der Waals surface area contributed by atoms with Gasteiger partial charge in [-0.1, -0.05) is 36.4 Å². The molecule has 4 heteroatoms. The molecule has 110 valence electrons. The summed E-state index contributed by atoms with van der Waals surface area (Å²) < 4.78 is 32.8. The number of ether oxygens (including phenoxy) is 1. The van der Waals surface area contributed by atoms with Crippen LogP contribution in [0.2, 0.25) is 0 Å². The molecule has 2 atom stereocenters. The largest absolute Gasteiger partial charge is 0.372 e. The third-order valence-corrected chi connectivity index (χ3v) is 3.91. The third kappa shape index (κ3) is 2.82. The van der Waals surface area contributed by atoms with Gasteiger partial charge in [0.1, 0.15) is 0 Å². The van der Waals surface area contributed by atoms with E-state index in [-0.39, 0.29) is 18.1 Å². The number of halogens is 2. The number of hydrogen-bond donors (Lipinski definition) is 1. The fourth-order valence-electron chi connectivity index (χ4n) is 2.85. The van der Waals surface area contributed by atoms with Gasteiger partial charge in [-0.3, -0.25) is 0 Å². The van der Waals surface area contributed by atoms with Crippen molar-refractivity contribution >= 4 is 0 Å². The normalized spacial score (nSPS) is 19.1. The minimum absolute atomic E-state index is 0.239. The van der Waals surface area contributed by atoms with Gasteiger partial charge in [-0.25, -0.2) is 8.78 Å². The van der Waals surface area contributed by atoms with Crippen molar-refractivity contribution in [3.8, 4) is 0 Å². The van der Waals surface area contributed by atoms with Gasteiger partial charge < -0.3 is 10.5 Å². The first-order valence-corrected chi connectivity index (χ1v) is 7.04. The molecule has 2 aromatic carbocycles. The van der Waals surface area contributed by atoms with Crippen LogP contribution in [0.1, 0.15) is 22.8 Å². The van der Waals surface area contributed by atoms with Gasteiger partial charge in [-0.15, -0.1) is 0 Å². The molecule has 0 amide bonds. The molecule has 0 spiro atoms. The van der Waals surface area contributed by atoms with E-state index in [1.54, 1.807) is 6.07 Å². The maximum Gasteiger partial charge on any atom is 0.162 e. The minimum Gasteiger partial charge on any atom is -0.372 e. The average molecular weight is 289 g/mol. The van der Waals surface area contributed by atoms with Gasteiger partial charge in [0.2, 0.25) is 0 Å². The Kier molecular flexibility index (Phi) is 3.99. The Balaban J connectivity index is 1.83. The van der Waals surface area contributed by atoms with Gasteiger partial charge >= 0.3 is 0 Å². The second-order valence-electron chi connectivity index (χ2n) is 5.32. The highest BCUT2D eigenvalue weighted by Gasteiger charge is 2.27. The van der Waals surface area contributed by atoms with Crippen molar-refractivity contribution < 1.29 is 13.5 Å². The van der Waals surface area contributed by atoms with Crippen molar-refractivity contribution in [1.82, 2.24) is 0 Å². The summed E-state index contributed by atoms with van der Waals surface area (Å²) in [6.07, 6.45) is 0.814. The van der Waals surface area contributed by atoms with E-state index < -0.39 is 17.7 Å². The Bertz CT molecular complexity index is 644. The van der Waals surface area contributed by atoms with Crippen LogP contribution < -0.4 is 5.73 Å². The molecule has 1 heterocycles. The molecule has 3 rings (SSSR count). The summed E-state index contributed by atoms with van der Waals surface area (Å²) >= 11 is 0. The summed E-state index contributed by atoms with van der Waals surface area (Å²) in [5, 5.41) is 0. The highest BCUT2D eigenvalue weighted by Crippen LogP contribution is 2.30. The van der Waals surface area contributed by atoms with Crippen molar-refractivity contribution in [2.24, 2.45) is 5.73 Å². The molecule has 1 aliphatic heterocycles. The van der Waals surface area contributed by atoms with Gasteiger partial charge in [0.05, 0.1) is 12.7 Å². The maximum atomic E-state index is 13.8. The molecular formula is C17H17F2NO. The summed E-state index contributed by atoms with van der Waals surface area (Å²) in [6.45, 7) is 0.598. The van der Waals surface area contributed by atoms with Crippen LogP contribution >= 0.6 is 0 Å². The lowest BCUT2D eigenvalue weighted by atomic mass is 9.90. The smallest absolute Gasteiger partial charge is 0.162 e. The van der Waals surface area contributed by atoms with Crippen LogP contribution in [0.3, 0.4) is 0 Å². The first-order valence-electron chi connectivity index (χ1n) is 7.04. The minimum atomic E-state index is -0.843. The van der Waals surface area contributed by atoms with Crippen molar-refractivity contribution in [2.75, 3.05) is 6.61 Å². The summed E-state index contributed by atoms with van der Waals surface area (Å²) in [5.41, 5.74) is 8.75. The van der Waals surface area contributed by atoms with E-state index in [4.69, 9.17) is 10.5 Å². The third-order valence-electron chi connectivity index (χ3n) is 3.91. The predicted octanol–water partition coefficient (Wildman–Crippen LogP) is 3.15. The zero-order valence-electron chi connectivity index (χ0n) is 11.6. The molecule has 2 N–H and O–H groups in total. The number of fused-ring (bicyclic) bond motifs is 1. The van der Waals surface area contributed by atoms with Crippen LogP contribution in [0.15, 0.2) is 42.5 Å². The molecule has 0 saturated carbocycles. The lowest BCUT2D eigenvalue weighted by molar-refractivity contribution is 0.0244. The molecule has 2 unspecified atom stereocenters. The van der Waals surface area contributed by atoms with Crippen LogP contribution in [0.5, 0.6) is 0 Å². The van der Waals surface area contributed by atoms with E-state index in [1.807, 2.05) is 18.2 Å². The molecule has 0 aliphatic carbocycles. The van der Waals surface area contributed by atoms with Gasteiger partial charge in [-0.05, 0) is 35.6 Å². The monoisotopic (exact) mass is 289 g/mol. The molecule has 0 radical (unpaired) electrons. The van der Waals surface area contributed by atoms with E-state index in [0.717, 1.165) is 18.1 Å². The second-order valence-corrected chi connectivity index (χ2v) is 5.32. The highest BCUT2D eigenvalue weighted by atomic mass is 19.2. The maximum absolute atomic E-state index is 13.8. The number of hydrogen-bond acceptors (Lipinski definition) is 2. The zero-order chi connectivity index (χ0) is 14.8. The van der Waals surface area contributed by atoms with E-state index in [0.29, 0.717) is 6.61 Å². The Morgan fingerprint density at radius 1 is 1.14 bits per heavy atom. The van der Waals surface area contributed by atoms with E-state index in [9.17, 15) is 8.78 Å². The lowest BCUT2D eigenvalue weighted by Crippen LogP contribution is -2.35. The fraction of sp³-hybridized carbons (Fsp3) is 0.294. The molecule has 2 nitrogen and oxygen atoms in total. The topological polar surface area (TPSA) is 35.2 Å². The van der Waals surface area contributed by atoms with Crippen LogP contribution in [0.25, 0.3) is 0 Å². The quantitative estimate of drug-likeness (QED) is 0.942. The molecule has 0 aromatic heterocycles. The number of rotatable bonds is 3. The Hall–Kier alpha value is -1.78. The SMILES string of the molecule is NC(Cc1cccc(F)c1F)C1OCCc2ccccc21. The average Bonchev–Trinajstić information content (AvgIpc) is 2.51. The first-order chi connectivity index (χ1) is 10.2. The van der Waals surface area contributed by atoms with E-state index in [1.165, 1.54) is 11.6 Å². The fourth-order valence-corrected chi connectivity index (χ4v) is 2.85. The van der Waals surface area contributed by atoms with Crippen LogP contribution in [0.4, 0.5) is 8.78 Å². The molecule has 0 fully saturated rings. The van der Waals surface area contributed by atoms with Crippen LogP contribution in [-0.2, 0) is 17.6 Å². The molecular weight excluding hydrogens is 272 g/mol. The summed E-state index contributed by atoms with van der Waals surface area (Å²) in [6, 6.07) is 11.7. The predicted molar refractivity (Wildman–Crippen MR) is 76.9 cm³/mol. The number of nitrogens with two attached hydrogens (primary N) is 1. The standard InChI is InChI=1S/C17H17F2NO/c18-14-7-3-5-12(16(14)19)10-15(20)17-13-6-2-1-4-11(13)8-9-21-17/h1-7,15,17H,8-10,20H2. The highest BCUT2D eigenvalue weighted by molar-refractivity contribution is 5.32. The lowest BCUT2D eigenvalue weighted by Gasteiger charge is -2.30. The van der Waals surface area contributed by atoms with Gasteiger partial charge in [-0.2, -0.15) is 0 Å². The van der Waals surface area contributed by atoms with Crippen molar-refractivity contribution in [2.45, 2.75) is 25.0 Å². The molecule has 2 aromatic rings. The molecule has 0 bridgehead atoms. The van der Waals surface area contributed by atoms with Gasteiger partial charge in [0.25, 0.3) is 0 Å². The van der Waals surface area contributed by atoms with Gasteiger partial charge in [0, 0.05) is 6.04 Å². The van der Waals surface area contributed by atoms with Crippen LogP contribution in [-0.4, -0.2) is 12.6 Å². The Labute approximate surface area is 122 Å². The van der Waals surface area contributed by atoms with Crippen LogP contribution in [0, 0.1) is 11.6 Å². The van der Waals surface area contributed by atoms with E-state index >= 15 is 0 Å². The summed E-state index contributed by atoms with van der Waals surface area (Å²) in [7, 11) is 0. The molecule has 1 aliphatic rings. The molecule has 21 heavy (non-hydrogen) atoms. The zero-order valence-corrected chi connectivity index (χ0v) is 11.6. The van der Waals surface area contributed by atoms with Crippen molar-refractivity contribution in [3.63, 3.8) is 0 Å². The summed E-state index contributed by atoms with van der Waals surface area (Å²) in [4.78, 5) is 0. The Morgan fingerprint density at radius 2 is 1.95 bits per heavy atom.